The molecule has 1 aliphatic heterocycles. The third-order valence-corrected chi connectivity index (χ3v) is 3.62. The molecule has 1 heterocycles. The van der Waals surface area contributed by atoms with Crippen LogP contribution in [-0.4, -0.2) is 55.3 Å². The molecule has 1 saturated heterocycles. The lowest BCUT2D eigenvalue weighted by atomic mass is 10.1. The maximum absolute atomic E-state index is 8.60. The van der Waals surface area contributed by atoms with Crippen LogP contribution in [0.5, 0.6) is 0 Å². The predicted molar refractivity (Wildman–Crippen MR) is 82.5 cm³/mol. The topological polar surface area (TPSA) is 83.1 Å². The van der Waals surface area contributed by atoms with Crippen molar-refractivity contribution in [3.63, 3.8) is 0 Å². The van der Waals surface area contributed by atoms with E-state index in [9.17, 15) is 0 Å². The van der Waals surface area contributed by atoms with E-state index >= 15 is 0 Å². The first kappa shape index (κ1) is 15.8. The number of rotatable bonds is 7. The summed E-state index contributed by atoms with van der Waals surface area (Å²) in [7, 11) is 0. The van der Waals surface area contributed by atoms with Gasteiger partial charge in [-0.05, 0) is 25.1 Å². The SMILES string of the molecule is NC(=NO)c1ccc(CNCCCN2CCOCC2)cc1. The van der Waals surface area contributed by atoms with Gasteiger partial charge < -0.3 is 21.0 Å². The normalized spacial score (nSPS) is 17.0. The summed E-state index contributed by atoms with van der Waals surface area (Å²) in [6.07, 6.45) is 1.14. The number of nitrogens with zero attached hydrogens (tertiary/aromatic N) is 2. The van der Waals surface area contributed by atoms with Crippen molar-refractivity contribution in [2.75, 3.05) is 39.4 Å². The van der Waals surface area contributed by atoms with Gasteiger partial charge in [0.25, 0.3) is 0 Å². The molecule has 0 aliphatic carbocycles. The molecule has 0 bridgehead atoms. The highest BCUT2D eigenvalue weighted by atomic mass is 16.5. The summed E-state index contributed by atoms with van der Waals surface area (Å²) in [4.78, 5) is 2.44. The Bertz CT molecular complexity index is 441. The van der Waals surface area contributed by atoms with Crippen molar-refractivity contribution in [1.29, 1.82) is 0 Å². The molecule has 0 spiro atoms. The highest BCUT2D eigenvalue weighted by Crippen LogP contribution is 2.04. The Kier molecular flexibility index (Phi) is 6.46. The van der Waals surface area contributed by atoms with Gasteiger partial charge in [-0.15, -0.1) is 0 Å². The van der Waals surface area contributed by atoms with E-state index in [-0.39, 0.29) is 5.84 Å². The third-order valence-electron chi connectivity index (χ3n) is 3.62. The van der Waals surface area contributed by atoms with Crippen LogP contribution in [0.15, 0.2) is 29.4 Å². The first-order valence-corrected chi connectivity index (χ1v) is 7.37. The van der Waals surface area contributed by atoms with Gasteiger partial charge in [-0.1, -0.05) is 29.4 Å². The number of benzene rings is 1. The molecular formula is C15H24N4O2. The summed E-state index contributed by atoms with van der Waals surface area (Å²) in [5, 5.41) is 15.0. The third kappa shape index (κ3) is 5.34. The summed E-state index contributed by atoms with van der Waals surface area (Å²) < 4.78 is 5.33. The van der Waals surface area contributed by atoms with Crippen LogP contribution in [0.3, 0.4) is 0 Å². The molecule has 0 radical (unpaired) electrons. The lowest BCUT2D eigenvalue weighted by Gasteiger charge is -2.26. The number of ether oxygens (including phenoxy) is 1. The lowest BCUT2D eigenvalue weighted by Crippen LogP contribution is -2.37. The van der Waals surface area contributed by atoms with Gasteiger partial charge in [0.05, 0.1) is 13.2 Å². The average molecular weight is 292 g/mol. The second-order valence-corrected chi connectivity index (χ2v) is 5.17. The van der Waals surface area contributed by atoms with Crippen LogP contribution in [0.1, 0.15) is 17.5 Å². The Morgan fingerprint density at radius 2 is 2.00 bits per heavy atom. The van der Waals surface area contributed by atoms with Gasteiger partial charge in [0.1, 0.15) is 0 Å². The number of morpholine rings is 1. The van der Waals surface area contributed by atoms with Crippen molar-refractivity contribution < 1.29 is 9.94 Å². The maximum atomic E-state index is 8.60. The number of hydrogen-bond donors (Lipinski definition) is 3. The Labute approximate surface area is 125 Å². The maximum Gasteiger partial charge on any atom is 0.170 e. The minimum absolute atomic E-state index is 0.139. The Morgan fingerprint density at radius 1 is 1.29 bits per heavy atom. The minimum atomic E-state index is 0.139. The molecule has 4 N–H and O–H groups in total. The Morgan fingerprint density at radius 3 is 2.67 bits per heavy atom. The van der Waals surface area contributed by atoms with Gasteiger partial charge in [-0.25, -0.2) is 0 Å². The van der Waals surface area contributed by atoms with Gasteiger partial charge in [0, 0.05) is 25.2 Å². The zero-order valence-corrected chi connectivity index (χ0v) is 12.3. The minimum Gasteiger partial charge on any atom is -0.409 e. The number of oxime groups is 1. The molecule has 0 atom stereocenters. The van der Waals surface area contributed by atoms with E-state index < -0.39 is 0 Å². The van der Waals surface area contributed by atoms with E-state index in [1.54, 1.807) is 0 Å². The van der Waals surface area contributed by atoms with E-state index in [1.807, 2.05) is 24.3 Å². The summed E-state index contributed by atoms with van der Waals surface area (Å²) in [6, 6.07) is 7.70. The van der Waals surface area contributed by atoms with Crippen molar-refractivity contribution in [1.82, 2.24) is 10.2 Å². The standard InChI is InChI=1S/C15H24N4O2/c16-15(18-20)14-4-2-13(3-5-14)12-17-6-1-7-19-8-10-21-11-9-19/h2-5,17,20H,1,6-12H2,(H2,16,18). The highest BCUT2D eigenvalue weighted by molar-refractivity contribution is 5.96. The second-order valence-electron chi connectivity index (χ2n) is 5.17. The van der Waals surface area contributed by atoms with Crippen LogP contribution < -0.4 is 11.1 Å². The van der Waals surface area contributed by atoms with Gasteiger partial charge in [-0.2, -0.15) is 0 Å². The average Bonchev–Trinajstić information content (AvgIpc) is 2.55. The van der Waals surface area contributed by atoms with E-state index in [0.29, 0.717) is 0 Å². The first-order valence-electron chi connectivity index (χ1n) is 7.37. The molecule has 1 aromatic carbocycles. The molecule has 1 aliphatic rings. The van der Waals surface area contributed by atoms with E-state index in [0.717, 1.165) is 57.9 Å². The second kappa shape index (κ2) is 8.61. The van der Waals surface area contributed by atoms with Crippen molar-refractivity contribution >= 4 is 5.84 Å². The fraction of sp³-hybridized carbons (Fsp3) is 0.533. The number of nitrogens with two attached hydrogens (primary N) is 1. The first-order chi connectivity index (χ1) is 10.3. The molecule has 6 nitrogen and oxygen atoms in total. The van der Waals surface area contributed by atoms with Crippen LogP contribution in [0.4, 0.5) is 0 Å². The Hall–Kier alpha value is -1.63. The van der Waals surface area contributed by atoms with Crippen molar-refractivity contribution in [2.45, 2.75) is 13.0 Å². The number of amidine groups is 1. The predicted octanol–water partition coefficient (Wildman–Crippen LogP) is 0.593. The lowest BCUT2D eigenvalue weighted by molar-refractivity contribution is 0.0374. The van der Waals surface area contributed by atoms with Crippen molar-refractivity contribution in [3.8, 4) is 0 Å². The van der Waals surface area contributed by atoms with Crippen LogP contribution in [0, 0.1) is 0 Å². The molecule has 0 aromatic heterocycles. The molecule has 0 amide bonds. The van der Waals surface area contributed by atoms with Crippen LogP contribution in [-0.2, 0) is 11.3 Å². The number of nitrogens with one attached hydrogen (secondary N) is 1. The Balaban J connectivity index is 1.62. The summed E-state index contributed by atoms with van der Waals surface area (Å²) in [6.45, 7) is 6.78. The molecule has 6 heteroatoms. The van der Waals surface area contributed by atoms with Crippen molar-refractivity contribution in [2.24, 2.45) is 10.9 Å². The van der Waals surface area contributed by atoms with Gasteiger partial charge in [-0.3, -0.25) is 4.90 Å². The molecule has 0 unspecified atom stereocenters. The van der Waals surface area contributed by atoms with Gasteiger partial charge >= 0.3 is 0 Å². The molecule has 21 heavy (non-hydrogen) atoms. The van der Waals surface area contributed by atoms with Gasteiger partial charge in [0.2, 0.25) is 0 Å². The zero-order chi connectivity index (χ0) is 14.9. The quantitative estimate of drug-likeness (QED) is 0.225. The van der Waals surface area contributed by atoms with Crippen LogP contribution >= 0.6 is 0 Å². The highest BCUT2D eigenvalue weighted by Gasteiger charge is 2.08. The molecule has 116 valence electrons. The van der Waals surface area contributed by atoms with Crippen LogP contribution in [0.2, 0.25) is 0 Å². The largest absolute Gasteiger partial charge is 0.409 e. The summed E-state index contributed by atoms with van der Waals surface area (Å²) in [5.74, 6) is 0.139. The monoisotopic (exact) mass is 292 g/mol. The van der Waals surface area contributed by atoms with Crippen LogP contribution in [0.25, 0.3) is 0 Å². The summed E-state index contributed by atoms with van der Waals surface area (Å²) in [5.41, 5.74) is 7.45. The molecule has 1 aromatic rings. The fourth-order valence-corrected chi connectivity index (χ4v) is 2.34. The van der Waals surface area contributed by atoms with E-state index in [1.165, 1.54) is 5.56 Å². The zero-order valence-electron chi connectivity index (χ0n) is 12.3. The molecular weight excluding hydrogens is 268 g/mol. The molecule has 1 fully saturated rings. The fourth-order valence-electron chi connectivity index (χ4n) is 2.34. The van der Waals surface area contributed by atoms with Gasteiger partial charge in [0.15, 0.2) is 5.84 Å². The van der Waals surface area contributed by atoms with Crippen molar-refractivity contribution in [3.05, 3.63) is 35.4 Å². The number of hydrogen-bond acceptors (Lipinski definition) is 5. The smallest absolute Gasteiger partial charge is 0.170 e. The summed E-state index contributed by atoms with van der Waals surface area (Å²) >= 11 is 0. The van der Waals surface area contributed by atoms with E-state index in [4.69, 9.17) is 15.7 Å². The molecule has 2 rings (SSSR count). The van der Waals surface area contributed by atoms with E-state index in [2.05, 4.69) is 15.4 Å². The molecule has 0 saturated carbocycles.